The van der Waals surface area contributed by atoms with Crippen LogP contribution in [0.4, 0.5) is 17.3 Å². The number of nitrogens with one attached hydrogen (secondary N) is 2. The highest BCUT2D eigenvalue weighted by Gasteiger charge is 2.37. The van der Waals surface area contributed by atoms with Gasteiger partial charge >= 0.3 is 0 Å². The highest BCUT2D eigenvalue weighted by Crippen LogP contribution is 2.38. The molecule has 2 aromatic carbocycles. The normalized spacial score (nSPS) is 20.1. The molecule has 3 aliphatic rings. The number of anilines is 3. The number of aromatic nitrogens is 5. The van der Waals surface area contributed by atoms with Crippen LogP contribution in [-0.4, -0.2) is 78.9 Å². The molecule has 3 N–H and O–H groups in total. The van der Waals surface area contributed by atoms with Gasteiger partial charge in [-0.1, -0.05) is 43.3 Å². The smallest absolute Gasteiger partial charge is 0.278 e. The fraction of sp³-hybridized carbons (Fsp3) is 0.381. The van der Waals surface area contributed by atoms with Gasteiger partial charge in [0.1, 0.15) is 11.0 Å². The summed E-state index contributed by atoms with van der Waals surface area (Å²) in [5.74, 6) is 0.243. The molecule has 13 nitrogen and oxygen atoms in total. The summed E-state index contributed by atoms with van der Waals surface area (Å²) in [6.07, 6.45) is 8.16. The van der Waals surface area contributed by atoms with E-state index in [1.54, 1.807) is 21.6 Å². The topological polar surface area (TPSA) is 151 Å². The Labute approximate surface area is 319 Å². The van der Waals surface area contributed by atoms with Gasteiger partial charge in [0.15, 0.2) is 11.5 Å². The third-order valence-electron chi connectivity index (χ3n) is 11.4. The SMILES string of the molecule is C=CCn1c(=O)c2cnc(Nc3ccc(N4CCN(CCCc5ccc(C6CCC(=O)NC6=O)cc5)CC4)cc3)nc2n1-c1ccc2c(n1)[C@@](O)(CC)CC2. The van der Waals surface area contributed by atoms with Gasteiger partial charge in [-0.15, -0.1) is 6.58 Å². The van der Waals surface area contributed by atoms with Crippen LogP contribution in [0.2, 0.25) is 0 Å². The second-order valence-electron chi connectivity index (χ2n) is 14.8. The second-order valence-corrected chi connectivity index (χ2v) is 14.8. The Balaban J connectivity index is 0.879. The molecule has 1 unspecified atom stereocenters. The summed E-state index contributed by atoms with van der Waals surface area (Å²) < 4.78 is 3.25. The summed E-state index contributed by atoms with van der Waals surface area (Å²) in [5.41, 5.74) is 5.10. The minimum atomic E-state index is -0.988. The first kappa shape index (κ1) is 36.3. The second kappa shape index (κ2) is 15.2. The van der Waals surface area contributed by atoms with Crippen LogP contribution >= 0.6 is 0 Å². The molecule has 8 rings (SSSR count). The summed E-state index contributed by atoms with van der Waals surface area (Å²) in [6, 6.07) is 20.4. The number of amides is 2. The van der Waals surface area contributed by atoms with Gasteiger partial charge in [-0.05, 0) is 92.1 Å². The first-order valence-electron chi connectivity index (χ1n) is 19.3. The van der Waals surface area contributed by atoms with E-state index >= 15 is 0 Å². The lowest BCUT2D eigenvalue weighted by Gasteiger charge is -2.36. The Bertz CT molecular complexity index is 2290. The van der Waals surface area contributed by atoms with Crippen molar-refractivity contribution in [2.24, 2.45) is 0 Å². The van der Waals surface area contributed by atoms with Gasteiger partial charge < -0.3 is 15.3 Å². The number of hydrogen-bond acceptors (Lipinski definition) is 10. The highest BCUT2D eigenvalue weighted by atomic mass is 16.3. The van der Waals surface area contributed by atoms with Crippen LogP contribution in [0.15, 0.2) is 84.3 Å². The maximum atomic E-state index is 13.5. The quantitative estimate of drug-likeness (QED) is 0.121. The van der Waals surface area contributed by atoms with Gasteiger partial charge in [-0.25, -0.2) is 19.3 Å². The third-order valence-corrected chi connectivity index (χ3v) is 11.4. The van der Waals surface area contributed by atoms with Gasteiger partial charge in [-0.2, -0.15) is 4.98 Å². The van der Waals surface area contributed by atoms with E-state index in [1.807, 2.05) is 43.3 Å². The van der Waals surface area contributed by atoms with Crippen molar-refractivity contribution >= 4 is 40.2 Å². The number of carbonyl (C=O) groups excluding carboxylic acids is 2. The molecular formula is C42H47N9O4. The first-order valence-corrected chi connectivity index (χ1v) is 19.3. The minimum absolute atomic E-state index is 0.185. The Hall–Kier alpha value is -5.66. The lowest BCUT2D eigenvalue weighted by Crippen LogP contribution is -2.46. The molecular weight excluding hydrogens is 695 g/mol. The fourth-order valence-electron chi connectivity index (χ4n) is 8.16. The lowest BCUT2D eigenvalue weighted by atomic mass is 9.90. The number of rotatable bonds is 12. The van der Waals surface area contributed by atoms with Crippen LogP contribution in [0.3, 0.4) is 0 Å². The van der Waals surface area contributed by atoms with Crippen LogP contribution in [0.5, 0.6) is 0 Å². The van der Waals surface area contributed by atoms with Crippen molar-refractivity contribution < 1.29 is 14.7 Å². The maximum Gasteiger partial charge on any atom is 0.278 e. The summed E-state index contributed by atoms with van der Waals surface area (Å²) >= 11 is 0. The summed E-state index contributed by atoms with van der Waals surface area (Å²) in [5, 5.41) is 17.4. The van der Waals surface area contributed by atoms with E-state index in [-0.39, 0.29) is 29.8 Å². The Morgan fingerprint density at radius 3 is 2.49 bits per heavy atom. The van der Waals surface area contributed by atoms with Crippen molar-refractivity contribution in [2.45, 2.75) is 69.9 Å². The molecule has 0 saturated carbocycles. The number of allylic oxidation sites excluding steroid dienone is 1. The number of aliphatic hydroxyl groups is 1. The first-order chi connectivity index (χ1) is 26.7. The summed E-state index contributed by atoms with van der Waals surface area (Å²) in [6.45, 7) is 11.0. The average molecular weight is 742 g/mol. The van der Waals surface area contributed by atoms with Crippen LogP contribution in [0.1, 0.15) is 67.3 Å². The molecule has 1 aliphatic carbocycles. The molecule has 5 heterocycles. The minimum Gasteiger partial charge on any atom is -0.384 e. The maximum absolute atomic E-state index is 13.5. The Kier molecular flexibility index (Phi) is 10.1. The van der Waals surface area contributed by atoms with E-state index in [4.69, 9.17) is 9.97 Å². The van der Waals surface area contributed by atoms with E-state index < -0.39 is 5.60 Å². The van der Waals surface area contributed by atoms with Gasteiger partial charge in [0, 0.05) is 50.2 Å². The van der Waals surface area contributed by atoms with Crippen LogP contribution in [0, 0.1) is 0 Å². The number of carbonyl (C=O) groups is 2. The van der Waals surface area contributed by atoms with E-state index in [0.717, 1.165) is 74.5 Å². The van der Waals surface area contributed by atoms with Crippen molar-refractivity contribution in [1.29, 1.82) is 0 Å². The summed E-state index contributed by atoms with van der Waals surface area (Å²) in [7, 11) is 0. The zero-order valence-corrected chi connectivity index (χ0v) is 31.2. The van der Waals surface area contributed by atoms with Crippen molar-refractivity contribution in [1.82, 2.24) is 34.5 Å². The molecule has 284 valence electrons. The van der Waals surface area contributed by atoms with Crippen molar-refractivity contribution in [3.63, 3.8) is 0 Å². The van der Waals surface area contributed by atoms with Crippen molar-refractivity contribution in [3.8, 4) is 5.82 Å². The molecule has 2 saturated heterocycles. The number of hydrogen-bond donors (Lipinski definition) is 3. The largest absolute Gasteiger partial charge is 0.384 e. The Morgan fingerprint density at radius 1 is 0.982 bits per heavy atom. The number of aryl methyl sites for hydroxylation is 2. The fourth-order valence-corrected chi connectivity index (χ4v) is 8.16. The molecule has 2 amide bonds. The van der Waals surface area contributed by atoms with Crippen LogP contribution < -0.4 is 21.1 Å². The van der Waals surface area contributed by atoms with Crippen LogP contribution in [-0.2, 0) is 34.6 Å². The summed E-state index contributed by atoms with van der Waals surface area (Å²) in [4.78, 5) is 56.3. The van der Waals surface area contributed by atoms with E-state index in [0.29, 0.717) is 54.2 Å². The van der Waals surface area contributed by atoms with E-state index in [2.05, 4.69) is 56.3 Å². The van der Waals surface area contributed by atoms with E-state index in [9.17, 15) is 19.5 Å². The number of pyridine rings is 1. The lowest BCUT2D eigenvalue weighted by molar-refractivity contribution is -0.134. The average Bonchev–Trinajstić information content (AvgIpc) is 3.68. The molecule has 2 atom stereocenters. The zero-order chi connectivity index (χ0) is 38.1. The molecule has 0 radical (unpaired) electrons. The number of fused-ring (bicyclic) bond motifs is 2. The third kappa shape index (κ3) is 7.29. The molecule has 13 heteroatoms. The molecule has 5 aromatic rings. The predicted molar refractivity (Wildman–Crippen MR) is 212 cm³/mol. The standard InChI is InChI=1S/C42H47N9O4/c1-3-21-50-40(54)34-27-43-41(47-38(34)51(50)35-17-11-30-19-20-42(55,4-2)37(30)45-35)44-31-12-14-32(15-13-31)49-25-23-48(24-26-49)22-5-6-28-7-9-29(10-8-28)33-16-18-36(52)46-39(33)53/h3,7-15,17,27,33,55H,1,4-6,16,18-26H2,2H3,(H,43,44,47)(H,46,52,53)/t33?,42-/m1/s1. The number of imide groups is 1. The molecule has 2 fully saturated rings. The highest BCUT2D eigenvalue weighted by molar-refractivity contribution is 6.00. The molecule has 3 aromatic heterocycles. The van der Waals surface area contributed by atoms with E-state index in [1.165, 1.54) is 5.56 Å². The predicted octanol–water partition coefficient (Wildman–Crippen LogP) is 4.73. The number of benzene rings is 2. The molecule has 0 spiro atoms. The number of piperazine rings is 1. The zero-order valence-electron chi connectivity index (χ0n) is 31.2. The van der Waals surface area contributed by atoms with Gasteiger partial charge in [-0.3, -0.25) is 24.6 Å². The Morgan fingerprint density at radius 2 is 1.76 bits per heavy atom. The molecule has 55 heavy (non-hydrogen) atoms. The molecule has 0 bridgehead atoms. The monoisotopic (exact) mass is 741 g/mol. The van der Waals surface area contributed by atoms with Gasteiger partial charge in [0.05, 0.1) is 18.2 Å². The van der Waals surface area contributed by atoms with Crippen LogP contribution in [0.25, 0.3) is 16.9 Å². The number of nitrogens with zero attached hydrogens (tertiary/aromatic N) is 7. The van der Waals surface area contributed by atoms with Crippen molar-refractivity contribution in [2.75, 3.05) is 42.9 Å². The molecule has 2 aliphatic heterocycles. The van der Waals surface area contributed by atoms with Gasteiger partial charge in [0.25, 0.3) is 5.56 Å². The van der Waals surface area contributed by atoms with Crippen molar-refractivity contribution in [3.05, 3.63) is 112 Å². The number of piperidine rings is 1. The van der Waals surface area contributed by atoms with Gasteiger partial charge in [0.2, 0.25) is 17.8 Å².